The van der Waals surface area contributed by atoms with Gasteiger partial charge in [0.25, 0.3) is 0 Å². The Morgan fingerprint density at radius 3 is 2.26 bits per heavy atom. The summed E-state index contributed by atoms with van der Waals surface area (Å²) in [4.78, 5) is 5.18. The first-order chi connectivity index (χ1) is 9.38. The number of piperidine rings is 1. The standard InChI is InChI=1S/C15H31N3O/c1-2-8-17-10-12-18(13-11-17)9-3-14-19-15-4-6-16-7-5-15/h15-16H,2-14H2,1H3. The molecule has 1 N–H and O–H groups in total. The number of hydrogen-bond acceptors (Lipinski definition) is 4. The van der Waals surface area contributed by atoms with Gasteiger partial charge < -0.3 is 19.9 Å². The summed E-state index contributed by atoms with van der Waals surface area (Å²) < 4.78 is 5.96. The van der Waals surface area contributed by atoms with E-state index in [9.17, 15) is 0 Å². The van der Waals surface area contributed by atoms with Crippen molar-refractivity contribution in [2.45, 2.75) is 38.7 Å². The number of hydrogen-bond donors (Lipinski definition) is 1. The van der Waals surface area contributed by atoms with Gasteiger partial charge >= 0.3 is 0 Å². The minimum absolute atomic E-state index is 0.516. The van der Waals surface area contributed by atoms with E-state index in [-0.39, 0.29) is 0 Å². The normalized spacial score (nSPS) is 23.8. The summed E-state index contributed by atoms with van der Waals surface area (Å²) in [6.07, 6.45) is 5.37. The van der Waals surface area contributed by atoms with Gasteiger partial charge in [-0.1, -0.05) is 6.92 Å². The fourth-order valence-electron chi connectivity index (χ4n) is 3.05. The largest absolute Gasteiger partial charge is 0.378 e. The average molecular weight is 269 g/mol. The van der Waals surface area contributed by atoms with Crippen molar-refractivity contribution in [1.29, 1.82) is 0 Å². The molecule has 0 saturated carbocycles. The second kappa shape index (κ2) is 8.90. The zero-order chi connectivity index (χ0) is 13.3. The Labute approximate surface area is 118 Å². The molecule has 19 heavy (non-hydrogen) atoms. The first-order valence-corrected chi connectivity index (χ1v) is 8.15. The first-order valence-electron chi connectivity index (χ1n) is 8.15. The molecule has 0 aromatic carbocycles. The lowest BCUT2D eigenvalue weighted by Gasteiger charge is -2.34. The highest BCUT2D eigenvalue weighted by molar-refractivity contribution is 4.72. The van der Waals surface area contributed by atoms with E-state index in [0.29, 0.717) is 6.10 Å². The highest BCUT2D eigenvalue weighted by Crippen LogP contribution is 2.08. The van der Waals surface area contributed by atoms with Gasteiger partial charge in [0.05, 0.1) is 6.10 Å². The maximum absolute atomic E-state index is 5.96. The van der Waals surface area contributed by atoms with Crippen LogP contribution in [0.4, 0.5) is 0 Å². The van der Waals surface area contributed by atoms with Crippen molar-refractivity contribution in [3.05, 3.63) is 0 Å². The van der Waals surface area contributed by atoms with E-state index in [0.717, 1.165) is 19.7 Å². The van der Waals surface area contributed by atoms with Crippen LogP contribution in [0.3, 0.4) is 0 Å². The molecule has 0 unspecified atom stereocenters. The minimum atomic E-state index is 0.516. The second-order valence-electron chi connectivity index (χ2n) is 5.86. The van der Waals surface area contributed by atoms with E-state index >= 15 is 0 Å². The second-order valence-corrected chi connectivity index (χ2v) is 5.86. The molecule has 2 fully saturated rings. The van der Waals surface area contributed by atoms with Crippen molar-refractivity contribution in [1.82, 2.24) is 15.1 Å². The number of nitrogens with zero attached hydrogens (tertiary/aromatic N) is 2. The fourth-order valence-corrected chi connectivity index (χ4v) is 3.05. The molecule has 0 aromatic rings. The van der Waals surface area contributed by atoms with Crippen LogP contribution in [0, 0.1) is 0 Å². The predicted molar refractivity (Wildman–Crippen MR) is 79.6 cm³/mol. The van der Waals surface area contributed by atoms with Crippen LogP contribution in [0.1, 0.15) is 32.6 Å². The van der Waals surface area contributed by atoms with Crippen LogP contribution in [0.5, 0.6) is 0 Å². The maximum atomic E-state index is 5.96. The van der Waals surface area contributed by atoms with E-state index in [1.54, 1.807) is 0 Å². The Morgan fingerprint density at radius 1 is 1.00 bits per heavy atom. The number of ether oxygens (including phenoxy) is 1. The van der Waals surface area contributed by atoms with Gasteiger partial charge in [0.1, 0.15) is 0 Å². The summed E-state index contributed by atoms with van der Waals surface area (Å²) in [6, 6.07) is 0. The first kappa shape index (κ1) is 15.2. The lowest BCUT2D eigenvalue weighted by molar-refractivity contribution is 0.0252. The minimum Gasteiger partial charge on any atom is -0.378 e. The lowest BCUT2D eigenvalue weighted by Crippen LogP contribution is -2.46. The van der Waals surface area contributed by atoms with E-state index in [2.05, 4.69) is 22.0 Å². The quantitative estimate of drug-likeness (QED) is 0.702. The van der Waals surface area contributed by atoms with Crippen LogP contribution in [0.15, 0.2) is 0 Å². The summed E-state index contributed by atoms with van der Waals surface area (Å²) in [5, 5.41) is 3.38. The van der Waals surface area contributed by atoms with Gasteiger partial charge in [-0.2, -0.15) is 0 Å². The predicted octanol–water partition coefficient (Wildman–Crippen LogP) is 1.17. The molecule has 0 bridgehead atoms. The Hall–Kier alpha value is -0.160. The van der Waals surface area contributed by atoms with Crippen LogP contribution < -0.4 is 5.32 Å². The van der Waals surface area contributed by atoms with E-state index in [4.69, 9.17) is 4.74 Å². The highest BCUT2D eigenvalue weighted by atomic mass is 16.5. The molecule has 2 rings (SSSR count). The smallest absolute Gasteiger partial charge is 0.0599 e. The van der Waals surface area contributed by atoms with Crippen LogP contribution in [0.2, 0.25) is 0 Å². The average Bonchev–Trinajstić information content (AvgIpc) is 2.47. The Kier molecular flexibility index (Phi) is 7.14. The molecule has 0 aromatic heterocycles. The van der Waals surface area contributed by atoms with Crippen LogP contribution in [0.25, 0.3) is 0 Å². The summed E-state index contributed by atoms with van der Waals surface area (Å²) >= 11 is 0. The van der Waals surface area contributed by atoms with Crippen molar-refractivity contribution < 1.29 is 4.74 Å². The topological polar surface area (TPSA) is 27.7 Å². The molecule has 0 atom stereocenters. The number of rotatable bonds is 7. The van der Waals surface area contributed by atoms with Gasteiger partial charge in [-0.15, -0.1) is 0 Å². The van der Waals surface area contributed by atoms with Gasteiger partial charge in [-0.05, 0) is 45.3 Å². The van der Waals surface area contributed by atoms with E-state index in [1.165, 1.54) is 65.0 Å². The third kappa shape index (κ3) is 5.78. The molecular formula is C15H31N3O. The van der Waals surface area contributed by atoms with E-state index < -0.39 is 0 Å². The van der Waals surface area contributed by atoms with Crippen LogP contribution >= 0.6 is 0 Å². The van der Waals surface area contributed by atoms with Gasteiger partial charge in [0, 0.05) is 39.3 Å². The Morgan fingerprint density at radius 2 is 1.63 bits per heavy atom. The molecule has 0 radical (unpaired) electrons. The van der Waals surface area contributed by atoms with Crippen molar-refractivity contribution in [2.75, 3.05) is 59.0 Å². The zero-order valence-electron chi connectivity index (χ0n) is 12.6. The summed E-state index contributed by atoms with van der Waals surface area (Å²) in [6.45, 7) is 12.9. The summed E-state index contributed by atoms with van der Waals surface area (Å²) in [7, 11) is 0. The van der Waals surface area contributed by atoms with Crippen molar-refractivity contribution in [3.8, 4) is 0 Å². The van der Waals surface area contributed by atoms with Crippen molar-refractivity contribution >= 4 is 0 Å². The molecule has 0 aliphatic carbocycles. The molecule has 0 spiro atoms. The monoisotopic (exact) mass is 269 g/mol. The zero-order valence-corrected chi connectivity index (χ0v) is 12.6. The third-order valence-corrected chi connectivity index (χ3v) is 4.26. The maximum Gasteiger partial charge on any atom is 0.0599 e. The highest BCUT2D eigenvalue weighted by Gasteiger charge is 2.16. The van der Waals surface area contributed by atoms with Crippen molar-refractivity contribution in [3.63, 3.8) is 0 Å². The van der Waals surface area contributed by atoms with Gasteiger partial charge in [0.15, 0.2) is 0 Å². The van der Waals surface area contributed by atoms with Crippen molar-refractivity contribution in [2.24, 2.45) is 0 Å². The third-order valence-electron chi connectivity index (χ3n) is 4.26. The molecule has 2 heterocycles. The van der Waals surface area contributed by atoms with Gasteiger partial charge in [0.2, 0.25) is 0 Å². The molecule has 2 aliphatic rings. The molecular weight excluding hydrogens is 238 g/mol. The van der Waals surface area contributed by atoms with Gasteiger partial charge in [-0.25, -0.2) is 0 Å². The van der Waals surface area contributed by atoms with Crippen LogP contribution in [-0.4, -0.2) is 74.9 Å². The number of nitrogens with one attached hydrogen (secondary N) is 1. The molecule has 2 saturated heterocycles. The SMILES string of the molecule is CCCN1CCN(CCCOC2CCNCC2)CC1. The van der Waals surface area contributed by atoms with E-state index in [1.807, 2.05) is 0 Å². The van der Waals surface area contributed by atoms with Crippen LogP contribution in [-0.2, 0) is 4.74 Å². The Balaban J connectivity index is 1.47. The molecule has 0 amide bonds. The Bertz CT molecular complexity index is 223. The summed E-state index contributed by atoms with van der Waals surface area (Å²) in [5.74, 6) is 0. The molecule has 4 nitrogen and oxygen atoms in total. The molecule has 2 aliphatic heterocycles. The molecule has 4 heteroatoms. The number of piperazine rings is 1. The van der Waals surface area contributed by atoms with Gasteiger partial charge in [-0.3, -0.25) is 0 Å². The molecule has 112 valence electrons. The summed E-state index contributed by atoms with van der Waals surface area (Å²) in [5.41, 5.74) is 0. The fraction of sp³-hybridized carbons (Fsp3) is 1.00. The lowest BCUT2D eigenvalue weighted by atomic mass is 10.1.